The first kappa shape index (κ1) is 15.2. The molecule has 2 rings (SSSR count). The molecule has 0 spiro atoms. The van der Waals surface area contributed by atoms with Crippen LogP contribution in [-0.4, -0.2) is 31.5 Å². The Kier molecular flexibility index (Phi) is 4.95. The molecular weight excluding hydrogens is 294 g/mol. The van der Waals surface area contributed by atoms with Gasteiger partial charge in [-0.3, -0.25) is 0 Å². The van der Waals surface area contributed by atoms with Crippen LogP contribution in [0.2, 0.25) is 0 Å². The van der Waals surface area contributed by atoms with Crippen LogP contribution < -0.4 is 10.5 Å². The predicted octanol–water partition coefficient (Wildman–Crippen LogP) is 1.91. The third-order valence-corrected chi connectivity index (χ3v) is 4.62. The van der Waals surface area contributed by atoms with Crippen LogP contribution in [0.1, 0.15) is 25.7 Å². The first-order chi connectivity index (χ1) is 9.47. The van der Waals surface area contributed by atoms with Crippen molar-refractivity contribution < 1.29 is 8.42 Å². The normalized spacial score (nSPS) is 16.6. The molecule has 0 amide bonds. The molecule has 0 unspecified atom stereocenters. The molecule has 7 heteroatoms. The maximum Gasteiger partial charge on any atom is 0.238 e. The highest BCUT2D eigenvalue weighted by molar-refractivity contribution is 7.89. The average Bonchev–Trinajstić information content (AvgIpc) is 2.67. The van der Waals surface area contributed by atoms with Crippen molar-refractivity contribution in [2.24, 2.45) is 5.14 Å². The van der Waals surface area contributed by atoms with Crippen LogP contribution in [0, 0.1) is 0 Å². The van der Waals surface area contributed by atoms with E-state index in [0.717, 1.165) is 31.6 Å². The topological polar surface area (TPSA) is 75.4 Å². The second-order valence-corrected chi connectivity index (χ2v) is 6.85. The Labute approximate surface area is 125 Å². The maximum atomic E-state index is 11.2. The van der Waals surface area contributed by atoms with Gasteiger partial charge in [-0.15, -0.1) is 0 Å². The van der Waals surface area contributed by atoms with Crippen molar-refractivity contribution in [2.45, 2.75) is 30.6 Å². The van der Waals surface area contributed by atoms with Gasteiger partial charge in [0, 0.05) is 18.8 Å². The maximum absolute atomic E-state index is 11.2. The minimum absolute atomic E-state index is 0.101. The standard InChI is InChI=1S/C13H19N3O2S2/c14-20(17,18)12-7-5-11(6-8-12)15-13(19)16-9-3-1-2-4-10-16/h5-8H,1-4,9-10H2,(H,15,19)(H2,14,17,18). The summed E-state index contributed by atoms with van der Waals surface area (Å²) in [5.74, 6) is 0. The van der Waals surface area contributed by atoms with Gasteiger partial charge in [-0.25, -0.2) is 13.6 Å². The van der Waals surface area contributed by atoms with Crippen molar-refractivity contribution in [2.75, 3.05) is 18.4 Å². The highest BCUT2D eigenvalue weighted by Crippen LogP contribution is 2.15. The van der Waals surface area contributed by atoms with E-state index in [2.05, 4.69) is 10.2 Å². The minimum atomic E-state index is -3.64. The number of hydrogen-bond acceptors (Lipinski definition) is 3. The molecule has 110 valence electrons. The number of anilines is 1. The average molecular weight is 313 g/mol. The van der Waals surface area contributed by atoms with Gasteiger partial charge in [-0.05, 0) is 49.3 Å². The molecule has 1 aliphatic heterocycles. The molecular formula is C13H19N3O2S2. The van der Waals surface area contributed by atoms with Crippen molar-refractivity contribution >= 4 is 33.0 Å². The molecule has 0 atom stereocenters. The first-order valence-corrected chi connectivity index (χ1v) is 8.61. The second-order valence-electron chi connectivity index (χ2n) is 4.90. The van der Waals surface area contributed by atoms with Crippen LogP contribution in [0.3, 0.4) is 0 Å². The molecule has 20 heavy (non-hydrogen) atoms. The number of nitrogens with one attached hydrogen (secondary N) is 1. The lowest BCUT2D eigenvalue weighted by molar-refractivity contribution is 0.441. The number of sulfonamides is 1. The van der Waals surface area contributed by atoms with Crippen molar-refractivity contribution in [1.82, 2.24) is 4.90 Å². The summed E-state index contributed by atoms with van der Waals surface area (Å²) < 4.78 is 22.4. The summed E-state index contributed by atoms with van der Waals surface area (Å²) in [5.41, 5.74) is 0.770. The first-order valence-electron chi connectivity index (χ1n) is 6.65. The van der Waals surface area contributed by atoms with Gasteiger partial charge in [0.2, 0.25) is 10.0 Å². The summed E-state index contributed by atoms with van der Waals surface area (Å²) in [6.07, 6.45) is 4.82. The van der Waals surface area contributed by atoms with E-state index in [4.69, 9.17) is 17.4 Å². The van der Waals surface area contributed by atoms with E-state index in [1.54, 1.807) is 12.1 Å². The molecule has 0 aromatic heterocycles. The zero-order valence-electron chi connectivity index (χ0n) is 11.2. The van der Waals surface area contributed by atoms with E-state index in [-0.39, 0.29) is 4.90 Å². The van der Waals surface area contributed by atoms with E-state index >= 15 is 0 Å². The zero-order chi connectivity index (χ0) is 14.6. The molecule has 3 N–H and O–H groups in total. The molecule has 1 fully saturated rings. The summed E-state index contributed by atoms with van der Waals surface area (Å²) in [6.45, 7) is 1.95. The van der Waals surface area contributed by atoms with Crippen LogP contribution in [-0.2, 0) is 10.0 Å². The Morgan fingerprint density at radius 3 is 2.15 bits per heavy atom. The number of benzene rings is 1. The van der Waals surface area contributed by atoms with Crippen molar-refractivity contribution in [3.63, 3.8) is 0 Å². The van der Waals surface area contributed by atoms with E-state index in [1.165, 1.54) is 25.0 Å². The van der Waals surface area contributed by atoms with Gasteiger partial charge in [0.1, 0.15) is 0 Å². The van der Waals surface area contributed by atoms with Crippen LogP contribution >= 0.6 is 12.2 Å². The third kappa shape index (κ3) is 4.16. The molecule has 1 aromatic carbocycles. The van der Waals surface area contributed by atoms with Gasteiger partial charge in [-0.1, -0.05) is 12.8 Å². The van der Waals surface area contributed by atoms with Gasteiger partial charge < -0.3 is 10.2 Å². The molecule has 1 aromatic rings. The van der Waals surface area contributed by atoms with Gasteiger partial charge in [-0.2, -0.15) is 0 Å². The quantitative estimate of drug-likeness (QED) is 0.816. The van der Waals surface area contributed by atoms with Crippen molar-refractivity contribution in [3.05, 3.63) is 24.3 Å². The lowest BCUT2D eigenvalue weighted by Crippen LogP contribution is -2.35. The van der Waals surface area contributed by atoms with E-state index in [0.29, 0.717) is 5.11 Å². The molecule has 1 aliphatic rings. The van der Waals surface area contributed by atoms with Crippen molar-refractivity contribution in [3.8, 4) is 0 Å². The summed E-state index contributed by atoms with van der Waals surface area (Å²) in [7, 11) is -3.64. The number of rotatable bonds is 2. The van der Waals surface area contributed by atoms with Gasteiger partial charge in [0.05, 0.1) is 4.90 Å². The monoisotopic (exact) mass is 313 g/mol. The molecule has 0 saturated carbocycles. The zero-order valence-corrected chi connectivity index (χ0v) is 12.8. The lowest BCUT2D eigenvalue weighted by Gasteiger charge is -2.23. The second kappa shape index (κ2) is 6.51. The Hall–Kier alpha value is -1.18. The molecule has 5 nitrogen and oxygen atoms in total. The number of hydrogen-bond donors (Lipinski definition) is 2. The largest absolute Gasteiger partial charge is 0.349 e. The van der Waals surface area contributed by atoms with Crippen LogP contribution in [0.25, 0.3) is 0 Å². The third-order valence-electron chi connectivity index (χ3n) is 3.33. The Bertz CT molecular complexity index is 562. The fourth-order valence-corrected chi connectivity index (χ4v) is 3.02. The minimum Gasteiger partial charge on any atom is -0.349 e. The highest BCUT2D eigenvalue weighted by atomic mass is 32.2. The highest BCUT2D eigenvalue weighted by Gasteiger charge is 2.13. The van der Waals surface area contributed by atoms with Gasteiger partial charge >= 0.3 is 0 Å². The smallest absolute Gasteiger partial charge is 0.238 e. The van der Waals surface area contributed by atoms with E-state index in [9.17, 15) is 8.42 Å². The Balaban J connectivity index is 2.00. The van der Waals surface area contributed by atoms with Crippen LogP contribution in [0.5, 0.6) is 0 Å². The molecule has 1 saturated heterocycles. The van der Waals surface area contributed by atoms with Crippen LogP contribution in [0.4, 0.5) is 5.69 Å². The number of thiocarbonyl (C=S) groups is 1. The number of likely N-dealkylation sites (tertiary alicyclic amines) is 1. The van der Waals surface area contributed by atoms with Gasteiger partial charge in [0.15, 0.2) is 5.11 Å². The lowest BCUT2D eigenvalue weighted by atomic mass is 10.2. The van der Waals surface area contributed by atoms with E-state index in [1.807, 2.05) is 0 Å². The summed E-state index contributed by atoms with van der Waals surface area (Å²) >= 11 is 5.39. The number of nitrogens with zero attached hydrogens (tertiary/aromatic N) is 1. The molecule has 0 bridgehead atoms. The van der Waals surface area contributed by atoms with Gasteiger partial charge in [0.25, 0.3) is 0 Å². The molecule has 1 heterocycles. The summed E-state index contributed by atoms with van der Waals surface area (Å²) in [6, 6.07) is 6.29. The fourth-order valence-electron chi connectivity index (χ4n) is 2.20. The van der Waals surface area contributed by atoms with Crippen LogP contribution in [0.15, 0.2) is 29.2 Å². The number of primary sulfonamides is 1. The molecule has 0 aliphatic carbocycles. The summed E-state index contributed by atoms with van der Waals surface area (Å²) in [5, 5.41) is 8.89. The number of nitrogens with two attached hydrogens (primary N) is 1. The Morgan fingerprint density at radius 2 is 1.65 bits per heavy atom. The SMILES string of the molecule is NS(=O)(=O)c1ccc(NC(=S)N2CCCCCC2)cc1. The molecule has 0 radical (unpaired) electrons. The van der Waals surface area contributed by atoms with E-state index < -0.39 is 10.0 Å². The Morgan fingerprint density at radius 1 is 1.10 bits per heavy atom. The van der Waals surface area contributed by atoms with Crippen molar-refractivity contribution in [1.29, 1.82) is 0 Å². The summed E-state index contributed by atoms with van der Waals surface area (Å²) in [4.78, 5) is 2.26. The fraction of sp³-hybridized carbons (Fsp3) is 0.462. The predicted molar refractivity (Wildman–Crippen MR) is 84.1 cm³/mol.